The summed E-state index contributed by atoms with van der Waals surface area (Å²) >= 11 is 0. The lowest BCUT2D eigenvalue weighted by atomic mass is 9.80. The van der Waals surface area contributed by atoms with Crippen molar-refractivity contribution >= 4 is 17.8 Å². The van der Waals surface area contributed by atoms with Crippen molar-refractivity contribution < 1.29 is 14.3 Å². The molecule has 1 N–H and O–H groups in total. The van der Waals surface area contributed by atoms with Crippen molar-refractivity contribution in [1.29, 1.82) is 0 Å². The van der Waals surface area contributed by atoms with Crippen LogP contribution in [0, 0.1) is 0 Å². The third-order valence-corrected chi connectivity index (χ3v) is 5.88. The van der Waals surface area contributed by atoms with Crippen LogP contribution < -0.4 is 19.8 Å². The molecule has 0 fully saturated rings. The van der Waals surface area contributed by atoms with Crippen LogP contribution in [0.3, 0.4) is 0 Å². The molecule has 3 rings (SSSR count). The maximum Gasteiger partial charge on any atom is 0.244 e. The molecule has 6 nitrogen and oxygen atoms in total. The quantitative estimate of drug-likeness (QED) is 0.576. The van der Waals surface area contributed by atoms with Crippen LogP contribution in [0.1, 0.15) is 49.8 Å². The first-order valence-corrected chi connectivity index (χ1v) is 10.2. The SMILES string of the molecule is COc1cccc(CC(=O)N/N=C/c2cc3c(cc2OC)N(C)C(C)(C)CC3C)c1. The predicted octanol–water partition coefficient (Wildman–Crippen LogP) is 4.12. The zero-order valence-electron chi connectivity index (χ0n) is 18.7. The van der Waals surface area contributed by atoms with E-state index >= 15 is 0 Å². The van der Waals surface area contributed by atoms with Gasteiger partial charge < -0.3 is 14.4 Å². The number of nitrogens with one attached hydrogen (secondary N) is 1. The number of ether oxygens (including phenoxy) is 2. The number of hydrogen-bond donors (Lipinski definition) is 1. The molecule has 6 heteroatoms. The molecule has 2 aromatic carbocycles. The van der Waals surface area contributed by atoms with Crippen LogP contribution in [0.5, 0.6) is 11.5 Å². The van der Waals surface area contributed by atoms with E-state index in [2.05, 4.69) is 55.4 Å². The predicted molar refractivity (Wildman–Crippen MR) is 121 cm³/mol. The third-order valence-electron chi connectivity index (χ3n) is 5.88. The van der Waals surface area contributed by atoms with Gasteiger partial charge in [-0.1, -0.05) is 19.1 Å². The Morgan fingerprint density at radius 1 is 1.27 bits per heavy atom. The molecule has 2 aromatic rings. The first-order valence-electron chi connectivity index (χ1n) is 10.2. The summed E-state index contributed by atoms with van der Waals surface area (Å²) in [5.41, 5.74) is 6.84. The number of benzene rings is 2. The Hall–Kier alpha value is -3.02. The molecular formula is C24H31N3O3. The van der Waals surface area contributed by atoms with Crippen LogP contribution in [0.2, 0.25) is 0 Å². The molecule has 0 spiro atoms. The lowest BCUT2D eigenvalue weighted by molar-refractivity contribution is -0.120. The van der Waals surface area contributed by atoms with Crippen molar-refractivity contribution in [2.75, 3.05) is 26.2 Å². The topological polar surface area (TPSA) is 63.2 Å². The second-order valence-electron chi connectivity index (χ2n) is 8.45. The van der Waals surface area contributed by atoms with Crippen molar-refractivity contribution in [2.45, 2.75) is 45.1 Å². The molecule has 1 aliphatic rings. The number of hydrogen-bond acceptors (Lipinski definition) is 5. The van der Waals surface area contributed by atoms with Gasteiger partial charge in [-0.05, 0) is 55.5 Å². The summed E-state index contributed by atoms with van der Waals surface area (Å²) in [6.07, 6.45) is 2.94. The van der Waals surface area contributed by atoms with E-state index in [-0.39, 0.29) is 17.9 Å². The number of carbonyl (C=O) groups excluding carboxylic acids is 1. The fourth-order valence-electron chi connectivity index (χ4n) is 4.07. The fraction of sp³-hybridized carbons (Fsp3) is 0.417. The molecule has 1 heterocycles. The largest absolute Gasteiger partial charge is 0.497 e. The average Bonchev–Trinajstić information content (AvgIpc) is 2.71. The summed E-state index contributed by atoms with van der Waals surface area (Å²) in [5.74, 6) is 1.69. The van der Waals surface area contributed by atoms with Gasteiger partial charge in [0.25, 0.3) is 0 Å². The minimum absolute atomic E-state index is 0.0845. The normalized spacial score (nSPS) is 17.5. The summed E-state index contributed by atoms with van der Waals surface area (Å²) in [6, 6.07) is 11.6. The summed E-state index contributed by atoms with van der Waals surface area (Å²) < 4.78 is 10.8. The van der Waals surface area contributed by atoms with E-state index in [1.54, 1.807) is 20.4 Å². The fourth-order valence-corrected chi connectivity index (χ4v) is 4.07. The molecule has 0 aliphatic carbocycles. The zero-order chi connectivity index (χ0) is 21.9. The van der Waals surface area contributed by atoms with E-state index in [1.165, 1.54) is 11.3 Å². The molecule has 0 radical (unpaired) electrons. The molecule has 1 atom stereocenters. The summed E-state index contributed by atoms with van der Waals surface area (Å²) in [5, 5.41) is 4.16. The summed E-state index contributed by atoms with van der Waals surface area (Å²) in [4.78, 5) is 14.6. The maximum atomic E-state index is 12.3. The van der Waals surface area contributed by atoms with Crippen LogP contribution in [-0.2, 0) is 11.2 Å². The van der Waals surface area contributed by atoms with Crippen LogP contribution in [-0.4, -0.2) is 38.9 Å². The van der Waals surface area contributed by atoms with E-state index in [4.69, 9.17) is 9.47 Å². The van der Waals surface area contributed by atoms with E-state index in [0.717, 1.165) is 29.0 Å². The number of anilines is 1. The lowest BCUT2D eigenvalue weighted by Crippen LogP contribution is -2.45. The molecule has 0 bridgehead atoms. The van der Waals surface area contributed by atoms with E-state index in [0.29, 0.717) is 5.92 Å². The molecule has 0 aromatic heterocycles. The second-order valence-corrected chi connectivity index (χ2v) is 8.45. The van der Waals surface area contributed by atoms with E-state index in [1.807, 2.05) is 24.3 Å². The molecule has 1 amide bonds. The van der Waals surface area contributed by atoms with Gasteiger partial charge in [-0.15, -0.1) is 0 Å². The van der Waals surface area contributed by atoms with E-state index < -0.39 is 0 Å². The van der Waals surface area contributed by atoms with Crippen LogP contribution in [0.4, 0.5) is 5.69 Å². The van der Waals surface area contributed by atoms with Gasteiger partial charge >= 0.3 is 0 Å². The van der Waals surface area contributed by atoms with Gasteiger partial charge in [0.1, 0.15) is 11.5 Å². The highest BCUT2D eigenvalue weighted by molar-refractivity contribution is 5.87. The zero-order valence-corrected chi connectivity index (χ0v) is 18.7. The average molecular weight is 410 g/mol. The highest BCUT2D eigenvalue weighted by Crippen LogP contribution is 2.44. The van der Waals surface area contributed by atoms with Crippen molar-refractivity contribution in [3.63, 3.8) is 0 Å². The van der Waals surface area contributed by atoms with Crippen molar-refractivity contribution in [3.05, 3.63) is 53.1 Å². The number of rotatable bonds is 6. The van der Waals surface area contributed by atoms with Crippen LogP contribution in [0.15, 0.2) is 41.5 Å². The Balaban J connectivity index is 1.75. The summed E-state index contributed by atoms with van der Waals surface area (Å²) in [7, 11) is 5.38. The molecule has 160 valence electrons. The molecule has 1 aliphatic heterocycles. The Labute approximate surface area is 178 Å². The summed E-state index contributed by atoms with van der Waals surface area (Å²) in [6.45, 7) is 6.76. The molecule has 30 heavy (non-hydrogen) atoms. The highest BCUT2D eigenvalue weighted by atomic mass is 16.5. The van der Waals surface area contributed by atoms with Gasteiger partial charge in [0.05, 0.1) is 26.9 Å². The Bertz CT molecular complexity index is 953. The van der Waals surface area contributed by atoms with Gasteiger partial charge in [0.15, 0.2) is 0 Å². The van der Waals surface area contributed by atoms with Crippen molar-refractivity contribution in [2.24, 2.45) is 5.10 Å². The van der Waals surface area contributed by atoms with Crippen molar-refractivity contribution in [3.8, 4) is 11.5 Å². The van der Waals surface area contributed by atoms with Gasteiger partial charge in [-0.2, -0.15) is 5.10 Å². The number of carbonyl (C=O) groups is 1. The first-order chi connectivity index (χ1) is 14.2. The van der Waals surface area contributed by atoms with Crippen molar-refractivity contribution in [1.82, 2.24) is 5.43 Å². The number of methoxy groups -OCH3 is 2. The number of amides is 1. The lowest BCUT2D eigenvalue weighted by Gasteiger charge is -2.45. The molecule has 1 unspecified atom stereocenters. The van der Waals surface area contributed by atoms with Gasteiger partial charge in [-0.3, -0.25) is 4.79 Å². The minimum atomic E-state index is -0.189. The molecular weight excluding hydrogens is 378 g/mol. The maximum absolute atomic E-state index is 12.3. The molecule has 0 saturated carbocycles. The number of hydrazone groups is 1. The van der Waals surface area contributed by atoms with Gasteiger partial charge in [-0.25, -0.2) is 5.43 Å². The minimum Gasteiger partial charge on any atom is -0.497 e. The van der Waals surface area contributed by atoms with Crippen LogP contribution in [0.25, 0.3) is 0 Å². The Morgan fingerprint density at radius 3 is 2.73 bits per heavy atom. The standard InChI is InChI=1S/C24H31N3O3/c1-16-14-24(2,3)27(4)21-13-22(30-6)18(12-20(16)21)15-25-26-23(28)11-17-8-7-9-19(10-17)29-5/h7-10,12-13,15-16H,11,14H2,1-6H3,(H,26,28)/b25-15+. The smallest absolute Gasteiger partial charge is 0.244 e. The monoisotopic (exact) mass is 409 g/mol. The van der Waals surface area contributed by atoms with Gasteiger partial charge in [0, 0.05) is 29.9 Å². The van der Waals surface area contributed by atoms with Crippen LogP contribution >= 0.6 is 0 Å². The first kappa shape index (κ1) is 21.7. The Kier molecular flexibility index (Phi) is 6.34. The number of nitrogens with zero attached hydrogens (tertiary/aromatic N) is 2. The Morgan fingerprint density at radius 2 is 2.03 bits per heavy atom. The van der Waals surface area contributed by atoms with Gasteiger partial charge in [0.2, 0.25) is 5.91 Å². The third kappa shape index (κ3) is 4.58. The highest BCUT2D eigenvalue weighted by Gasteiger charge is 2.34. The van der Waals surface area contributed by atoms with E-state index in [9.17, 15) is 4.79 Å². The molecule has 0 saturated heterocycles. The number of fused-ring (bicyclic) bond motifs is 1. The second kappa shape index (κ2) is 8.78.